The number of aldehydes is 1. The van der Waals surface area contributed by atoms with E-state index in [-0.39, 0.29) is 41.2 Å². The van der Waals surface area contributed by atoms with Gasteiger partial charge in [-0.2, -0.15) is 15.8 Å². The molecule has 0 unspecified atom stereocenters. The lowest BCUT2D eigenvalue weighted by molar-refractivity contribution is -0.138. The number of ketones is 1. The number of nitriles is 3. The average molecular weight is 338 g/mol. The SMILES string of the molecule is CC(C)[C@@H]1CC[C@H](C)[C@@H]([C@@]2(C#N)C(N)=C(C=O)CC2(C#N)C#N)C1=O. The van der Waals surface area contributed by atoms with Crippen LogP contribution in [0, 0.1) is 68.5 Å². The molecule has 0 spiro atoms. The van der Waals surface area contributed by atoms with Crippen LogP contribution in [0.4, 0.5) is 0 Å². The minimum Gasteiger partial charge on any atom is -0.400 e. The zero-order valence-corrected chi connectivity index (χ0v) is 14.7. The number of rotatable bonds is 3. The number of nitrogens with two attached hydrogens (primary N) is 1. The highest BCUT2D eigenvalue weighted by atomic mass is 16.1. The summed E-state index contributed by atoms with van der Waals surface area (Å²) in [6, 6.07) is 5.93. The molecular weight excluding hydrogens is 316 g/mol. The van der Waals surface area contributed by atoms with Crippen LogP contribution >= 0.6 is 0 Å². The second-order valence-corrected chi connectivity index (χ2v) is 7.57. The molecule has 6 heteroatoms. The molecule has 0 heterocycles. The maximum absolute atomic E-state index is 13.3. The van der Waals surface area contributed by atoms with Crippen LogP contribution < -0.4 is 5.73 Å². The minimum absolute atomic E-state index is 0.0799. The van der Waals surface area contributed by atoms with E-state index >= 15 is 0 Å². The third-order valence-electron chi connectivity index (χ3n) is 6.05. The van der Waals surface area contributed by atoms with Crippen LogP contribution in [-0.2, 0) is 9.59 Å². The molecule has 0 aliphatic heterocycles. The van der Waals surface area contributed by atoms with Crippen molar-refractivity contribution in [3.63, 3.8) is 0 Å². The molecule has 6 nitrogen and oxygen atoms in total. The summed E-state index contributed by atoms with van der Waals surface area (Å²) >= 11 is 0. The quantitative estimate of drug-likeness (QED) is 0.785. The van der Waals surface area contributed by atoms with Gasteiger partial charge in [0.25, 0.3) is 0 Å². The van der Waals surface area contributed by atoms with Crippen LogP contribution in [0.5, 0.6) is 0 Å². The molecule has 2 aliphatic carbocycles. The Hall–Kier alpha value is -2.65. The molecule has 2 aliphatic rings. The zero-order chi connectivity index (χ0) is 19.0. The Morgan fingerprint density at radius 1 is 1.20 bits per heavy atom. The molecule has 130 valence electrons. The lowest BCUT2D eigenvalue weighted by Crippen LogP contribution is -2.53. The summed E-state index contributed by atoms with van der Waals surface area (Å²) in [6.45, 7) is 5.74. The molecule has 0 aromatic rings. The van der Waals surface area contributed by atoms with Crippen LogP contribution in [0.15, 0.2) is 11.3 Å². The molecule has 25 heavy (non-hydrogen) atoms. The van der Waals surface area contributed by atoms with Crippen molar-refractivity contribution in [2.75, 3.05) is 0 Å². The summed E-state index contributed by atoms with van der Waals surface area (Å²) in [5.41, 5.74) is 2.55. The molecule has 2 N–H and O–H groups in total. The van der Waals surface area contributed by atoms with Gasteiger partial charge in [0.2, 0.25) is 0 Å². The Kier molecular flexibility index (Phi) is 4.74. The van der Waals surface area contributed by atoms with Crippen molar-refractivity contribution in [2.24, 2.45) is 40.2 Å². The van der Waals surface area contributed by atoms with Crippen molar-refractivity contribution in [1.29, 1.82) is 15.8 Å². The van der Waals surface area contributed by atoms with Gasteiger partial charge in [-0.1, -0.05) is 20.8 Å². The number of hydrogen-bond donors (Lipinski definition) is 1. The molecule has 0 aromatic carbocycles. The fourth-order valence-electron chi connectivity index (χ4n) is 4.61. The largest absolute Gasteiger partial charge is 0.400 e. The minimum atomic E-state index is -1.82. The molecule has 0 bridgehead atoms. The Balaban J connectivity index is 2.77. The van der Waals surface area contributed by atoms with Gasteiger partial charge in [-0.25, -0.2) is 0 Å². The van der Waals surface area contributed by atoms with E-state index in [4.69, 9.17) is 5.73 Å². The molecule has 0 radical (unpaired) electrons. The standard InChI is InChI=1S/C19H22N4O2/c1-11(2)14-5-4-12(3)15(16(14)25)19(10-22)17(23)13(7-24)6-18(19,8-20)9-21/h7,11-12,14-15H,4-6,23H2,1-3H3/t12-,14-,15+,19-/m0/s1. The van der Waals surface area contributed by atoms with Gasteiger partial charge in [0.15, 0.2) is 5.41 Å². The molecule has 1 saturated carbocycles. The van der Waals surface area contributed by atoms with Gasteiger partial charge in [-0.3, -0.25) is 9.59 Å². The van der Waals surface area contributed by atoms with Crippen molar-refractivity contribution in [3.8, 4) is 18.2 Å². The maximum Gasteiger partial charge on any atom is 0.172 e. The van der Waals surface area contributed by atoms with Crippen molar-refractivity contribution in [2.45, 2.75) is 40.0 Å². The topological polar surface area (TPSA) is 132 Å². The third kappa shape index (κ3) is 2.27. The molecule has 4 atom stereocenters. The fourth-order valence-corrected chi connectivity index (χ4v) is 4.61. The van der Waals surface area contributed by atoms with Crippen molar-refractivity contribution >= 4 is 12.1 Å². The lowest BCUT2D eigenvalue weighted by Gasteiger charge is -2.45. The van der Waals surface area contributed by atoms with Crippen molar-refractivity contribution in [3.05, 3.63) is 11.3 Å². The number of carbonyl (C=O) groups is 2. The maximum atomic E-state index is 13.3. The molecular formula is C19H22N4O2. The number of allylic oxidation sites excluding steroid dienone is 2. The first-order valence-electron chi connectivity index (χ1n) is 8.48. The lowest BCUT2D eigenvalue weighted by atomic mass is 9.52. The van der Waals surface area contributed by atoms with Gasteiger partial charge in [-0.05, 0) is 24.7 Å². The highest BCUT2D eigenvalue weighted by Crippen LogP contribution is 2.61. The smallest absolute Gasteiger partial charge is 0.172 e. The summed E-state index contributed by atoms with van der Waals surface area (Å²) in [5, 5.41) is 29.6. The van der Waals surface area contributed by atoms with Crippen LogP contribution in [-0.4, -0.2) is 12.1 Å². The first-order valence-corrected chi connectivity index (χ1v) is 8.48. The van der Waals surface area contributed by atoms with E-state index < -0.39 is 16.7 Å². The second kappa shape index (κ2) is 6.34. The molecule has 0 saturated heterocycles. The van der Waals surface area contributed by atoms with Gasteiger partial charge in [-0.15, -0.1) is 0 Å². The zero-order valence-electron chi connectivity index (χ0n) is 14.7. The Labute approximate surface area is 147 Å². The highest BCUT2D eigenvalue weighted by Gasteiger charge is 2.68. The van der Waals surface area contributed by atoms with E-state index in [2.05, 4.69) is 6.07 Å². The fraction of sp³-hybridized carbons (Fsp3) is 0.632. The van der Waals surface area contributed by atoms with E-state index in [0.29, 0.717) is 19.1 Å². The summed E-state index contributed by atoms with van der Waals surface area (Å²) in [4.78, 5) is 24.7. The average Bonchev–Trinajstić information content (AvgIpc) is 2.84. The summed E-state index contributed by atoms with van der Waals surface area (Å²) in [7, 11) is 0. The normalized spacial score (nSPS) is 34.3. The van der Waals surface area contributed by atoms with Crippen molar-refractivity contribution in [1.82, 2.24) is 0 Å². The molecule has 1 fully saturated rings. The third-order valence-corrected chi connectivity index (χ3v) is 6.05. The predicted molar refractivity (Wildman–Crippen MR) is 88.8 cm³/mol. The van der Waals surface area contributed by atoms with Crippen LogP contribution in [0.2, 0.25) is 0 Å². The molecule has 2 rings (SSSR count). The number of carbonyl (C=O) groups excluding carboxylic acids is 2. The van der Waals surface area contributed by atoms with E-state index in [1.807, 2.05) is 32.9 Å². The second-order valence-electron chi connectivity index (χ2n) is 7.57. The number of hydrogen-bond acceptors (Lipinski definition) is 6. The van der Waals surface area contributed by atoms with Crippen molar-refractivity contribution < 1.29 is 9.59 Å². The highest BCUT2D eigenvalue weighted by molar-refractivity contribution is 5.88. The van der Waals surface area contributed by atoms with E-state index in [1.165, 1.54) is 0 Å². The monoisotopic (exact) mass is 338 g/mol. The van der Waals surface area contributed by atoms with Gasteiger partial charge >= 0.3 is 0 Å². The van der Waals surface area contributed by atoms with Gasteiger partial charge < -0.3 is 5.73 Å². The number of Topliss-reactive ketones (excluding diaryl/α,β-unsaturated/α-hetero) is 1. The van der Waals surface area contributed by atoms with Crippen LogP contribution in [0.3, 0.4) is 0 Å². The first-order chi connectivity index (χ1) is 11.8. The predicted octanol–water partition coefficient (Wildman–Crippen LogP) is 2.23. The molecule has 0 aromatic heterocycles. The van der Waals surface area contributed by atoms with Gasteiger partial charge in [0.1, 0.15) is 17.5 Å². The first kappa shape index (κ1) is 18.7. The summed E-state index contributed by atoms with van der Waals surface area (Å²) in [6.07, 6.45) is 1.70. The molecule has 0 amide bonds. The Morgan fingerprint density at radius 2 is 1.80 bits per heavy atom. The van der Waals surface area contributed by atoms with E-state index in [9.17, 15) is 25.4 Å². The van der Waals surface area contributed by atoms with E-state index in [0.717, 1.165) is 0 Å². The van der Waals surface area contributed by atoms with Gasteiger partial charge in [0, 0.05) is 29.5 Å². The number of nitrogens with zero attached hydrogens (tertiary/aromatic N) is 3. The summed E-state index contributed by atoms with van der Waals surface area (Å²) in [5.74, 6) is -1.34. The Bertz CT molecular complexity index is 748. The van der Waals surface area contributed by atoms with Crippen LogP contribution in [0.25, 0.3) is 0 Å². The van der Waals surface area contributed by atoms with E-state index in [1.54, 1.807) is 0 Å². The summed E-state index contributed by atoms with van der Waals surface area (Å²) < 4.78 is 0. The Morgan fingerprint density at radius 3 is 2.24 bits per heavy atom. The van der Waals surface area contributed by atoms with Gasteiger partial charge in [0.05, 0.1) is 18.2 Å². The van der Waals surface area contributed by atoms with Crippen LogP contribution in [0.1, 0.15) is 40.0 Å².